The molecule has 0 saturated heterocycles. The summed E-state index contributed by atoms with van der Waals surface area (Å²) in [6, 6.07) is 5.47. The molecule has 2 amide bonds. The Labute approximate surface area is 191 Å². The summed E-state index contributed by atoms with van der Waals surface area (Å²) in [5.74, 6) is -1.03. The van der Waals surface area contributed by atoms with E-state index in [9.17, 15) is 19.2 Å². The SMILES string of the molecule is CCn1c(=O)[nH]c(=O)c2c(C(=O)NCC(=O)Nc3c(C)cc(C)cc3C)cc(C(C)C)nc21. The lowest BCUT2D eigenvalue weighted by molar-refractivity contribution is -0.115. The molecule has 1 aromatic carbocycles. The molecule has 2 heterocycles. The van der Waals surface area contributed by atoms with Crippen LogP contribution in [0.4, 0.5) is 5.69 Å². The average Bonchev–Trinajstić information content (AvgIpc) is 2.73. The number of H-pyrrole nitrogens is 1. The van der Waals surface area contributed by atoms with E-state index >= 15 is 0 Å². The van der Waals surface area contributed by atoms with E-state index in [0.717, 1.165) is 16.7 Å². The Morgan fingerprint density at radius 1 is 1.09 bits per heavy atom. The van der Waals surface area contributed by atoms with Gasteiger partial charge in [0, 0.05) is 17.9 Å². The smallest absolute Gasteiger partial charge is 0.329 e. The number of anilines is 1. The third kappa shape index (κ3) is 4.87. The zero-order valence-corrected chi connectivity index (χ0v) is 19.8. The Bertz CT molecular complexity index is 1340. The van der Waals surface area contributed by atoms with Crippen LogP contribution in [0.1, 0.15) is 59.4 Å². The van der Waals surface area contributed by atoms with Gasteiger partial charge in [-0.25, -0.2) is 9.78 Å². The van der Waals surface area contributed by atoms with Gasteiger partial charge < -0.3 is 10.6 Å². The third-order valence-corrected chi connectivity index (χ3v) is 5.47. The second-order valence-electron chi connectivity index (χ2n) is 8.46. The van der Waals surface area contributed by atoms with E-state index in [1.165, 1.54) is 10.6 Å². The van der Waals surface area contributed by atoms with Gasteiger partial charge >= 0.3 is 5.69 Å². The summed E-state index contributed by atoms with van der Waals surface area (Å²) in [4.78, 5) is 57.1. The maximum Gasteiger partial charge on any atom is 0.329 e. The summed E-state index contributed by atoms with van der Waals surface area (Å²) in [6.07, 6.45) is 0. The van der Waals surface area contributed by atoms with Gasteiger partial charge in [0.25, 0.3) is 11.5 Å². The second-order valence-corrected chi connectivity index (χ2v) is 8.46. The third-order valence-electron chi connectivity index (χ3n) is 5.47. The molecule has 3 aromatic rings. The van der Waals surface area contributed by atoms with Crippen molar-refractivity contribution in [2.24, 2.45) is 0 Å². The van der Waals surface area contributed by atoms with Crippen molar-refractivity contribution in [2.45, 2.75) is 54.0 Å². The molecular weight excluding hydrogens is 422 g/mol. The number of amides is 2. The number of carbonyl (C=O) groups is 2. The van der Waals surface area contributed by atoms with Crippen LogP contribution in [0.25, 0.3) is 11.0 Å². The van der Waals surface area contributed by atoms with Gasteiger partial charge in [-0.15, -0.1) is 0 Å². The molecule has 0 aliphatic heterocycles. The molecule has 0 unspecified atom stereocenters. The molecule has 2 aromatic heterocycles. The number of fused-ring (bicyclic) bond motifs is 1. The van der Waals surface area contributed by atoms with Crippen LogP contribution in [0.3, 0.4) is 0 Å². The zero-order chi connectivity index (χ0) is 24.4. The number of aromatic amines is 1. The van der Waals surface area contributed by atoms with E-state index in [1.54, 1.807) is 6.92 Å². The fraction of sp³-hybridized carbons (Fsp3) is 0.375. The van der Waals surface area contributed by atoms with Crippen molar-refractivity contribution >= 4 is 28.5 Å². The Kier molecular flexibility index (Phi) is 6.81. The number of pyridine rings is 1. The number of carbonyl (C=O) groups excluding carboxylic acids is 2. The van der Waals surface area contributed by atoms with Crippen LogP contribution in [0, 0.1) is 20.8 Å². The van der Waals surface area contributed by atoms with Gasteiger partial charge in [0.2, 0.25) is 5.91 Å². The molecule has 0 fully saturated rings. The van der Waals surface area contributed by atoms with Gasteiger partial charge in [-0.05, 0) is 50.8 Å². The summed E-state index contributed by atoms with van der Waals surface area (Å²) in [5.41, 5.74) is 3.17. The molecule has 0 aliphatic carbocycles. The fourth-order valence-corrected chi connectivity index (χ4v) is 3.88. The van der Waals surface area contributed by atoms with E-state index < -0.39 is 17.2 Å². The largest absolute Gasteiger partial charge is 0.343 e. The van der Waals surface area contributed by atoms with Crippen molar-refractivity contribution in [3.05, 3.63) is 67.0 Å². The quantitative estimate of drug-likeness (QED) is 0.531. The van der Waals surface area contributed by atoms with Crippen LogP contribution >= 0.6 is 0 Å². The first-order valence-electron chi connectivity index (χ1n) is 10.9. The number of aromatic nitrogens is 3. The minimum absolute atomic E-state index is 0.0176. The number of rotatable bonds is 6. The molecule has 174 valence electrons. The van der Waals surface area contributed by atoms with Gasteiger partial charge in [0.05, 0.1) is 17.5 Å². The second kappa shape index (κ2) is 9.40. The van der Waals surface area contributed by atoms with Crippen LogP contribution in [0.2, 0.25) is 0 Å². The summed E-state index contributed by atoms with van der Waals surface area (Å²) < 4.78 is 1.31. The van der Waals surface area contributed by atoms with Gasteiger partial charge in [0.15, 0.2) is 5.65 Å². The van der Waals surface area contributed by atoms with E-state index in [-0.39, 0.29) is 41.5 Å². The molecule has 3 rings (SSSR count). The maximum absolute atomic E-state index is 13.0. The van der Waals surface area contributed by atoms with Crippen molar-refractivity contribution in [3.63, 3.8) is 0 Å². The van der Waals surface area contributed by atoms with Crippen LogP contribution in [-0.4, -0.2) is 32.9 Å². The molecule has 0 radical (unpaired) electrons. The van der Waals surface area contributed by atoms with E-state index in [2.05, 4.69) is 20.6 Å². The van der Waals surface area contributed by atoms with Crippen LogP contribution in [-0.2, 0) is 11.3 Å². The summed E-state index contributed by atoms with van der Waals surface area (Å²) >= 11 is 0. The van der Waals surface area contributed by atoms with Crippen LogP contribution in [0.5, 0.6) is 0 Å². The average molecular weight is 452 g/mol. The highest BCUT2D eigenvalue weighted by Crippen LogP contribution is 2.22. The van der Waals surface area contributed by atoms with Gasteiger partial charge in [-0.3, -0.25) is 23.9 Å². The van der Waals surface area contributed by atoms with Crippen molar-refractivity contribution in [1.82, 2.24) is 19.9 Å². The normalized spacial score (nSPS) is 11.1. The Morgan fingerprint density at radius 2 is 1.73 bits per heavy atom. The maximum atomic E-state index is 13.0. The Hall–Kier alpha value is -3.75. The minimum atomic E-state index is -0.692. The number of benzene rings is 1. The molecule has 0 spiro atoms. The van der Waals surface area contributed by atoms with Gasteiger partial charge in [0.1, 0.15) is 0 Å². The molecule has 3 N–H and O–H groups in total. The highest BCUT2D eigenvalue weighted by Gasteiger charge is 2.20. The zero-order valence-electron chi connectivity index (χ0n) is 19.8. The summed E-state index contributed by atoms with van der Waals surface area (Å²) in [5, 5.41) is 5.44. The molecular formula is C24H29N5O4. The molecule has 0 atom stereocenters. The van der Waals surface area contributed by atoms with Crippen LogP contribution in [0.15, 0.2) is 27.8 Å². The van der Waals surface area contributed by atoms with Crippen molar-refractivity contribution in [2.75, 3.05) is 11.9 Å². The molecule has 0 aliphatic rings. The first kappa shape index (κ1) is 23.9. The molecule has 0 bridgehead atoms. The first-order chi connectivity index (χ1) is 15.5. The van der Waals surface area contributed by atoms with Crippen LogP contribution < -0.4 is 21.9 Å². The molecule has 0 saturated carbocycles. The predicted octanol–water partition coefficient (Wildman–Crippen LogP) is 2.52. The van der Waals surface area contributed by atoms with E-state index in [1.807, 2.05) is 46.8 Å². The van der Waals surface area contributed by atoms with Gasteiger partial charge in [-0.1, -0.05) is 31.5 Å². The Morgan fingerprint density at radius 3 is 2.30 bits per heavy atom. The highest BCUT2D eigenvalue weighted by molar-refractivity contribution is 6.07. The highest BCUT2D eigenvalue weighted by atomic mass is 16.2. The number of nitrogens with zero attached hydrogens (tertiary/aromatic N) is 2. The number of nitrogens with one attached hydrogen (secondary N) is 3. The van der Waals surface area contributed by atoms with Gasteiger partial charge in [-0.2, -0.15) is 0 Å². The van der Waals surface area contributed by atoms with E-state index in [4.69, 9.17) is 0 Å². The number of hydrogen-bond donors (Lipinski definition) is 3. The summed E-state index contributed by atoms with van der Waals surface area (Å²) in [6.45, 7) is 11.3. The van der Waals surface area contributed by atoms with Crippen molar-refractivity contribution < 1.29 is 9.59 Å². The molecule has 9 heteroatoms. The molecule has 33 heavy (non-hydrogen) atoms. The van der Waals surface area contributed by atoms with E-state index in [0.29, 0.717) is 11.4 Å². The monoisotopic (exact) mass is 451 g/mol. The lowest BCUT2D eigenvalue weighted by atomic mass is 10.0. The topological polar surface area (TPSA) is 126 Å². The summed E-state index contributed by atoms with van der Waals surface area (Å²) in [7, 11) is 0. The lowest BCUT2D eigenvalue weighted by Crippen LogP contribution is -2.36. The lowest BCUT2D eigenvalue weighted by Gasteiger charge is -2.15. The molecule has 9 nitrogen and oxygen atoms in total. The number of hydrogen-bond acceptors (Lipinski definition) is 5. The minimum Gasteiger partial charge on any atom is -0.343 e. The number of aryl methyl sites for hydroxylation is 4. The fourth-order valence-electron chi connectivity index (χ4n) is 3.88. The predicted molar refractivity (Wildman–Crippen MR) is 128 cm³/mol. The Balaban J connectivity index is 1.93. The van der Waals surface area contributed by atoms with Crippen molar-refractivity contribution in [1.29, 1.82) is 0 Å². The first-order valence-corrected chi connectivity index (χ1v) is 10.9. The van der Waals surface area contributed by atoms with Crippen molar-refractivity contribution in [3.8, 4) is 0 Å². The standard InChI is InChI=1S/C24H29N5O4/c1-7-29-21-19(23(32)28-24(29)33)16(10-17(26-21)12(2)3)22(31)25-11-18(30)27-20-14(5)8-13(4)9-15(20)6/h8-10,12H,7,11H2,1-6H3,(H,25,31)(H,27,30)(H,28,32,33).